The van der Waals surface area contributed by atoms with Crippen LogP contribution in [0.25, 0.3) is 0 Å². The maximum absolute atomic E-state index is 4.50. The summed E-state index contributed by atoms with van der Waals surface area (Å²) in [6, 6.07) is 2.90. The van der Waals surface area contributed by atoms with Crippen molar-refractivity contribution >= 4 is 5.82 Å². The molecule has 2 unspecified atom stereocenters. The summed E-state index contributed by atoms with van der Waals surface area (Å²) in [6.07, 6.45) is 7.05. The monoisotopic (exact) mass is 274 g/mol. The van der Waals surface area contributed by atoms with Gasteiger partial charge in [0.1, 0.15) is 12.1 Å². The SMILES string of the molecule is CC(C)c1cc(N2CCCC(C3CCCN3)C2)ncn1. The molecule has 4 heteroatoms. The maximum atomic E-state index is 4.50. The first-order valence-corrected chi connectivity index (χ1v) is 8.04. The van der Waals surface area contributed by atoms with Crippen molar-refractivity contribution in [3.63, 3.8) is 0 Å². The summed E-state index contributed by atoms with van der Waals surface area (Å²) >= 11 is 0. The molecule has 2 aliphatic rings. The van der Waals surface area contributed by atoms with Gasteiger partial charge in [-0.3, -0.25) is 0 Å². The maximum Gasteiger partial charge on any atom is 0.132 e. The quantitative estimate of drug-likeness (QED) is 0.920. The second kappa shape index (κ2) is 6.08. The van der Waals surface area contributed by atoms with E-state index in [9.17, 15) is 0 Å². The van der Waals surface area contributed by atoms with Gasteiger partial charge in [0.15, 0.2) is 0 Å². The average molecular weight is 274 g/mol. The van der Waals surface area contributed by atoms with Crippen LogP contribution >= 0.6 is 0 Å². The molecular weight excluding hydrogens is 248 g/mol. The van der Waals surface area contributed by atoms with Crippen molar-refractivity contribution in [3.8, 4) is 0 Å². The number of piperidine rings is 1. The van der Waals surface area contributed by atoms with E-state index in [1.165, 1.54) is 32.2 Å². The summed E-state index contributed by atoms with van der Waals surface area (Å²) in [5, 5.41) is 3.67. The van der Waals surface area contributed by atoms with Gasteiger partial charge in [-0.2, -0.15) is 0 Å². The van der Waals surface area contributed by atoms with Crippen LogP contribution in [0.15, 0.2) is 12.4 Å². The number of rotatable bonds is 3. The zero-order chi connectivity index (χ0) is 13.9. The Morgan fingerprint density at radius 3 is 2.90 bits per heavy atom. The van der Waals surface area contributed by atoms with Gasteiger partial charge >= 0.3 is 0 Å². The highest BCUT2D eigenvalue weighted by molar-refractivity contribution is 5.40. The number of hydrogen-bond acceptors (Lipinski definition) is 4. The molecule has 3 rings (SSSR count). The van der Waals surface area contributed by atoms with Gasteiger partial charge in [0.2, 0.25) is 0 Å². The Bertz CT molecular complexity index is 440. The van der Waals surface area contributed by atoms with Crippen molar-refractivity contribution in [2.24, 2.45) is 5.92 Å². The van der Waals surface area contributed by atoms with Gasteiger partial charge in [-0.15, -0.1) is 0 Å². The molecule has 0 saturated carbocycles. The zero-order valence-electron chi connectivity index (χ0n) is 12.7. The van der Waals surface area contributed by atoms with Gasteiger partial charge in [-0.05, 0) is 44.1 Å². The molecule has 20 heavy (non-hydrogen) atoms. The molecule has 1 aromatic heterocycles. The third-order valence-electron chi connectivity index (χ3n) is 4.71. The van der Waals surface area contributed by atoms with E-state index in [0.29, 0.717) is 5.92 Å². The summed E-state index contributed by atoms with van der Waals surface area (Å²) in [4.78, 5) is 11.3. The highest BCUT2D eigenvalue weighted by atomic mass is 15.2. The number of hydrogen-bond donors (Lipinski definition) is 1. The summed E-state index contributed by atoms with van der Waals surface area (Å²) in [5.41, 5.74) is 1.15. The van der Waals surface area contributed by atoms with Crippen LogP contribution in [0.5, 0.6) is 0 Å². The number of nitrogens with one attached hydrogen (secondary N) is 1. The lowest BCUT2D eigenvalue weighted by Crippen LogP contribution is -2.43. The zero-order valence-corrected chi connectivity index (χ0v) is 12.7. The predicted octanol–water partition coefficient (Wildman–Crippen LogP) is 2.57. The molecule has 2 atom stereocenters. The van der Waals surface area contributed by atoms with Gasteiger partial charge < -0.3 is 10.2 Å². The van der Waals surface area contributed by atoms with Gasteiger partial charge in [0.25, 0.3) is 0 Å². The largest absolute Gasteiger partial charge is 0.356 e. The highest BCUT2D eigenvalue weighted by Crippen LogP contribution is 2.27. The molecule has 4 nitrogen and oxygen atoms in total. The van der Waals surface area contributed by atoms with Crippen molar-refractivity contribution in [2.75, 3.05) is 24.5 Å². The van der Waals surface area contributed by atoms with Gasteiger partial charge in [-0.25, -0.2) is 9.97 Å². The van der Waals surface area contributed by atoms with E-state index in [0.717, 1.165) is 36.6 Å². The van der Waals surface area contributed by atoms with Gasteiger partial charge in [-0.1, -0.05) is 13.8 Å². The van der Waals surface area contributed by atoms with E-state index in [1.54, 1.807) is 6.33 Å². The molecule has 0 radical (unpaired) electrons. The van der Waals surface area contributed by atoms with E-state index in [4.69, 9.17) is 0 Å². The van der Waals surface area contributed by atoms with Crippen LogP contribution < -0.4 is 10.2 Å². The average Bonchev–Trinajstić information content (AvgIpc) is 3.02. The van der Waals surface area contributed by atoms with Crippen molar-refractivity contribution in [1.82, 2.24) is 15.3 Å². The number of nitrogens with zero attached hydrogens (tertiary/aromatic N) is 3. The molecule has 110 valence electrons. The lowest BCUT2D eigenvalue weighted by atomic mass is 9.90. The van der Waals surface area contributed by atoms with Crippen LogP contribution in [0.1, 0.15) is 51.1 Å². The molecule has 0 bridgehead atoms. The molecule has 0 amide bonds. The summed E-state index contributed by atoms with van der Waals surface area (Å²) in [6.45, 7) is 7.86. The molecule has 0 aliphatic carbocycles. The fourth-order valence-corrected chi connectivity index (χ4v) is 3.51. The Kier molecular flexibility index (Phi) is 4.20. The van der Waals surface area contributed by atoms with Crippen molar-refractivity contribution in [3.05, 3.63) is 18.1 Å². The van der Waals surface area contributed by atoms with E-state index in [2.05, 4.69) is 40.1 Å². The molecule has 1 aromatic rings. The second-order valence-electron chi connectivity index (χ2n) is 6.51. The predicted molar refractivity (Wildman–Crippen MR) is 82.1 cm³/mol. The third kappa shape index (κ3) is 2.95. The van der Waals surface area contributed by atoms with Crippen LogP contribution in [-0.2, 0) is 0 Å². The first-order chi connectivity index (χ1) is 9.74. The van der Waals surface area contributed by atoms with Crippen LogP contribution in [0.2, 0.25) is 0 Å². The lowest BCUT2D eigenvalue weighted by Gasteiger charge is -2.36. The van der Waals surface area contributed by atoms with Crippen molar-refractivity contribution in [1.29, 1.82) is 0 Å². The lowest BCUT2D eigenvalue weighted by molar-refractivity contribution is 0.328. The van der Waals surface area contributed by atoms with Gasteiger partial charge in [0, 0.05) is 30.9 Å². The van der Waals surface area contributed by atoms with Gasteiger partial charge in [0.05, 0.1) is 0 Å². The topological polar surface area (TPSA) is 41.0 Å². The molecule has 0 spiro atoms. The standard InChI is InChI=1S/C16H26N4/c1-12(2)15-9-16(19-11-18-15)20-8-4-5-13(10-20)14-6-3-7-17-14/h9,11-14,17H,3-8,10H2,1-2H3. The van der Waals surface area contributed by atoms with Crippen LogP contribution in [0.3, 0.4) is 0 Å². The normalized spacial score (nSPS) is 27.2. The van der Waals surface area contributed by atoms with Crippen molar-refractivity contribution < 1.29 is 0 Å². The first-order valence-electron chi connectivity index (χ1n) is 8.04. The van der Waals surface area contributed by atoms with Crippen LogP contribution in [-0.4, -0.2) is 35.6 Å². The molecule has 0 aromatic carbocycles. The molecule has 1 N–H and O–H groups in total. The van der Waals surface area contributed by atoms with E-state index in [-0.39, 0.29) is 0 Å². The molecule has 2 saturated heterocycles. The van der Waals surface area contributed by atoms with Crippen molar-refractivity contribution in [2.45, 2.75) is 51.5 Å². The fraction of sp³-hybridized carbons (Fsp3) is 0.750. The summed E-state index contributed by atoms with van der Waals surface area (Å²) < 4.78 is 0. The first kappa shape index (κ1) is 13.8. The smallest absolute Gasteiger partial charge is 0.132 e. The minimum atomic E-state index is 0.467. The number of aromatic nitrogens is 2. The van der Waals surface area contributed by atoms with Crippen LogP contribution in [0.4, 0.5) is 5.82 Å². The molecule has 3 heterocycles. The Hall–Kier alpha value is -1.16. The van der Waals surface area contributed by atoms with E-state index < -0.39 is 0 Å². The molecule has 2 fully saturated rings. The Morgan fingerprint density at radius 2 is 2.15 bits per heavy atom. The Labute approximate surface area is 122 Å². The number of anilines is 1. The Balaban J connectivity index is 1.71. The summed E-state index contributed by atoms with van der Waals surface area (Å²) in [7, 11) is 0. The summed E-state index contributed by atoms with van der Waals surface area (Å²) in [5.74, 6) is 2.36. The fourth-order valence-electron chi connectivity index (χ4n) is 3.51. The minimum Gasteiger partial charge on any atom is -0.356 e. The third-order valence-corrected chi connectivity index (χ3v) is 4.71. The Morgan fingerprint density at radius 1 is 1.25 bits per heavy atom. The van der Waals surface area contributed by atoms with E-state index in [1.807, 2.05) is 0 Å². The second-order valence-corrected chi connectivity index (χ2v) is 6.51. The van der Waals surface area contributed by atoms with Crippen LogP contribution in [0, 0.1) is 5.92 Å². The molecular formula is C16H26N4. The molecule has 2 aliphatic heterocycles. The minimum absolute atomic E-state index is 0.467. The van der Waals surface area contributed by atoms with E-state index >= 15 is 0 Å². The highest BCUT2D eigenvalue weighted by Gasteiger charge is 2.29.